The van der Waals surface area contributed by atoms with Crippen LogP contribution in [0.1, 0.15) is 18.9 Å². The first kappa shape index (κ1) is 7.79. The maximum Gasteiger partial charge on any atom is 0.141 e. The fourth-order valence-corrected chi connectivity index (χ4v) is 0.783. The lowest BCUT2D eigenvalue weighted by Gasteiger charge is -1.94. The summed E-state index contributed by atoms with van der Waals surface area (Å²) in [6.07, 6.45) is 7.96. The Bertz CT molecular complexity index is 255. The smallest absolute Gasteiger partial charge is 0.141 e. The van der Waals surface area contributed by atoms with Crippen LogP contribution in [0.25, 0.3) is 6.08 Å². The number of aromatic nitrogens is 1. The van der Waals surface area contributed by atoms with Gasteiger partial charge in [0, 0.05) is 11.8 Å². The third-order valence-electron chi connectivity index (χ3n) is 1.37. The summed E-state index contributed by atoms with van der Waals surface area (Å²) in [5.41, 5.74) is 0.821. The Labute approximate surface area is 66.2 Å². The maximum absolute atomic E-state index is 9.22. The molecule has 0 radical (unpaired) electrons. The zero-order chi connectivity index (χ0) is 8.10. The highest BCUT2D eigenvalue weighted by molar-refractivity contribution is 5.55. The molecular weight excluding hydrogens is 138 g/mol. The van der Waals surface area contributed by atoms with E-state index in [1.165, 1.54) is 6.20 Å². The van der Waals surface area contributed by atoms with Crippen LogP contribution in [0.15, 0.2) is 24.5 Å². The summed E-state index contributed by atoms with van der Waals surface area (Å²) in [7, 11) is 0. The van der Waals surface area contributed by atoms with Crippen LogP contribution in [0.4, 0.5) is 0 Å². The van der Waals surface area contributed by atoms with Crippen molar-refractivity contribution in [1.29, 1.82) is 0 Å². The van der Waals surface area contributed by atoms with Gasteiger partial charge in [-0.05, 0) is 12.5 Å². The van der Waals surface area contributed by atoms with Gasteiger partial charge >= 0.3 is 0 Å². The molecule has 2 nitrogen and oxygen atoms in total. The summed E-state index contributed by atoms with van der Waals surface area (Å²) in [5.74, 6) is 0.234. The fourth-order valence-electron chi connectivity index (χ4n) is 0.783. The predicted octanol–water partition coefficient (Wildman–Crippen LogP) is 2.21. The molecule has 1 rings (SSSR count). The van der Waals surface area contributed by atoms with Crippen molar-refractivity contribution in [3.05, 3.63) is 30.1 Å². The number of pyridine rings is 1. The Morgan fingerprint density at radius 3 is 3.09 bits per heavy atom. The molecule has 1 aromatic rings. The molecule has 0 unspecified atom stereocenters. The van der Waals surface area contributed by atoms with Crippen molar-refractivity contribution in [2.24, 2.45) is 0 Å². The van der Waals surface area contributed by atoms with Crippen LogP contribution < -0.4 is 0 Å². The van der Waals surface area contributed by atoms with Gasteiger partial charge in [-0.2, -0.15) is 0 Å². The molecule has 2 heteroatoms. The first-order valence-electron chi connectivity index (χ1n) is 3.64. The predicted molar refractivity (Wildman–Crippen MR) is 45.2 cm³/mol. The van der Waals surface area contributed by atoms with Crippen LogP contribution >= 0.6 is 0 Å². The molecule has 0 bridgehead atoms. The second-order valence-corrected chi connectivity index (χ2v) is 2.25. The minimum Gasteiger partial charge on any atom is -0.506 e. The normalized spacial score (nSPS) is 10.6. The quantitative estimate of drug-likeness (QED) is 0.699. The van der Waals surface area contributed by atoms with Crippen molar-refractivity contribution in [3.8, 4) is 5.75 Å². The fraction of sp³-hybridized carbons (Fsp3) is 0.222. The van der Waals surface area contributed by atoms with Crippen LogP contribution in [0, 0.1) is 0 Å². The molecule has 0 aliphatic carbocycles. The third kappa shape index (κ3) is 2.08. The van der Waals surface area contributed by atoms with Gasteiger partial charge in [0.25, 0.3) is 0 Å². The molecule has 1 aromatic heterocycles. The zero-order valence-electron chi connectivity index (χ0n) is 6.49. The van der Waals surface area contributed by atoms with E-state index >= 15 is 0 Å². The Morgan fingerprint density at radius 2 is 2.45 bits per heavy atom. The highest BCUT2D eigenvalue weighted by atomic mass is 16.3. The van der Waals surface area contributed by atoms with Crippen LogP contribution in [-0.2, 0) is 0 Å². The average molecular weight is 149 g/mol. The van der Waals surface area contributed by atoms with Gasteiger partial charge in [0.2, 0.25) is 0 Å². The second kappa shape index (κ2) is 3.76. The van der Waals surface area contributed by atoms with Crippen molar-refractivity contribution >= 4 is 6.08 Å². The summed E-state index contributed by atoms with van der Waals surface area (Å²) in [6.45, 7) is 2.05. The van der Waals surface area contributed by atoms with E-state index in [-0.39, 0.29) is 5.75 Å². The minimum atomic E-state index is 0.234. The van der Waals surface area contributed by atoms with E-state index in [0.29, 0.717) is 0 Å². The number of rotatable bonds is 2. The molecule has 0 fully saturated rings. The van der Waals surface area contributed by atoms with Gasteiger partial charge in [-0.1, -0.05) is 19.1 Å². The summed E-state index contributed by atoms with van der Waals surface area (Å²) in [5, 5.41) is 9.22. The first-order chi connectivity index (χ1) is 5.34. The topological polar surface area (TPSA) is 33.1 Å². The molecule has 0 atom stereocenters. The van der Waals surface area contributed by atoms with E-state index in [1.54, 1.807) is 12.3 Å². The van der Waals surface area contributed by atoms with Gasteiger partial charge in [0.05, 0.1) is 6.20 Å². The zero-order valence-corrected chi connectivity index (χ0v) is 6.49. The number of hydrogen-bond donors (Lipinski definition) is 1. The van der Waals surface area contributed by atoms with Crippen molar-refractivity contribution in [3.63, 3.8) is 0 Å². The molecule has 58 valence electrons. The molecule has 11 heavy (non-hydrogen) atoms. The molecule has 0 spiro atoms. The molecule has 1 N–H and O–H groups in total. The Balaban J connectivity index is 2.86. The van der Waals surface area contributed by atoms with Gasteiger partial charge in [0.15, 0.2) is 0 Å². The highest BCUT2D eigenvalue weighted by Crippen LogP contribution is 2.15. The minimum absolute atomic E-state index is 0.234. The Hall–Kier alpha value is -1.31. The number of allylic oxidation sites excluding steroid dienone is 1. The van der Waals surface area contributed by atoms with E-state index in [1.807, 2.05) is 12.2 Å². The number of hydrogen-bond acceptors (Lipinski definition) is 2. The van der Waals surface area contributed by atoms with Gasteiger partial charge in [0.1, 0.15) is 5.75 Å². The van der Waals surface area contributed by atoms with Crippen LogP contribution in [0.5, 0.6) is 5.75 Å². The van der Waals surface area contributed by atoms with Crippen molar-refractivity contribution < 1.29 is 5.11 Å². The number of aromatic hydroxyl groups is 1. The van der Waals surface area contributed by atoms with Crippen LogP contribution in [0.2, 0.25) is 0 Å². The lowest BCUT2D eigenvalue weighted by Crippen LogP contribution is -1.75. The monoisotopic (exact) mass is 149 g/mol. The van der Waals surface area contributed by atoms with Crippen molar-refractivity contribution in [1.82, 2.24) is 4.98 Å². The van der Waals surface area contributed by atoms with E-state index in [9.17, 15) is 5.11 Å². The largest absolute Gasteiger partial charge is 0.506 e. The van der Waals surface area contributed by atoms with Gasteiger partial charge in [-0.25, -0.2) is 0 Å². The Morgan fingerprint density at radius 1 is 1.64 bits per heavy atom. The van der Waals surface area contributed by atoms with Gasteiger partial charge in [-0.3, -0.25) is 4.98 Å². The van der Waals surface area contributed by atoms with Gasteiger partial charge in [-0.15, -0.1) is 0 Å². The second-order valence-electron chi connectivity index (χ2n) is 2.25. The first-order valence-corrected chi connectivity index (χ1v) is 3.64. The summed E-state index contributed by atoms with van der Waals surface area (Å²) >= 11 is 0. The standard InChI is InChI=1S/C9H11NO/c1-2-3-4-8-5-6-10-7-9(8)11/h3-7,11H,2H2,1H3. The van der Waals surface area contributed by atoms with E-state index < -0.39 is 0 Å². The summed E-state index contributed by atoms with van der Waals surface area (Å²) in [6, 6.07) is 1.78. The lowest BCUT2D eigenvalue weighted by atomic mass is 10.2. The SMILES string of the molecule is CCC=Cc1ccncc1O. The van der Waals surface area contributed by atoms with Crippen molar-refractivity contribution in [2.75, 3.05) is 0 Å². The average Bonchev–Trinajstić information content (AvgIpc) is 2.03. The van der Waals surface area contributed by atoms with Gasteiger partial charge < -0.3 is 5.11 Å². The third-order valence-corrected chi connectivity index (χ3v) is 1.37. The molecule has 0 aliphatic rings. The molecular formula is C9H11NO. The number of nitrogens with zero attached hydrogens (tertiary/aromatic N) is 1. The van der Waals surface area contributed by atoms with Crippen molar-refractivity contribution in [2.45, 2.75) is 13.3 Å². The maximum atomic E-state index is 9.22. The van der Waals surface area contributed by atoms with Crippen LogP contribution in [-0.4, -0.2) is 10.1 Å². The molecule has 0 aliphatic heterocycles. The van der Waals surface area contributed by atoms with Crippen LogP contribution in [0.3, 0.4) is 0 Å². The molecule has 0 aromatic carbocycles. The molecule has 0 saturated heterocycles. The molecule has 0 saturated carbocycles. The van der Waals surface area contributed by atoms with E-state index in [4.69, 9.17) is 0 Å². The summed E-state index contributed by atoms with van der Waals surface area (Å²) < 4.78 is 0. The highest BCUT2D eigenvalue weighted by Gasteiger charge is 1.92. The van der Waals surface area contributed by atoms with E-state index in [0.717, 1.165) is 12.0 Å². The molecule has 0 amide bonds. The lowest BCUT2D eigenvalue weighted by molar-refractivity contribution is 0.471. The Kier molecular flexibility index (Phi) is 2.66. The van der Waals surface area contributed by atoms with E-state index in [2.05, 4.69) is 11.9 Å². The molecule has 1 heterocycles. The summed E-state index contributed by atoms with van der Waals surface area (Å²) in [4.78, 5) is 3.77.